The van der Waals surface area contributed by atoms with Crippen molar-refractivity contribution in [2.75, 3.05) is 19.0 Å². The zero-order valence-electron chi connectivity index (χ0n) is 16.7. The van der Waals surface area contributed by atoms with E-state index in [0.717, 1.165) is 16.3 Å². The number of benzene rings is 3. The van der Waals surface area contributed by atoms with E-state index in [0.29, 0.717) is 17.7 Å². The molecule has 0 spiro atoms. The first-order chi connectivity index (χ1) is 15.0. The summed E-state index contributed by atoms with van der Waals surface area (Å²) in [5, 5.41) is 7.89. The normalized spacial score (nSPS) is 16.1. The fraction of sp³-hybridized carbons (Fsp3) is 0.250. The van der Waals surface area contributed by atoms with Crippen molar-refractivity contribution < 1.29 is 18.7 Å². The zero-order chi connectivity index (χ0) is 21.8. The number of carbonyl (C=O) groups is 2. The highest BCUT2D eigenvalue weighted by Crippen LogP contribution is 2.28. The van der Waals surface area contributed by atoms with E-state index in [-0.39, 0.29) is 36.7 Å². The van der Waals surface area contributed by atoms with Gasteiger partial charge in [-0.05, 0) is 52.6 Å². The molecule has 1 heterocycles. The summed E-state index contributed by atoms with van der Waals surface area (Å²) in [6.45, 7) is 0.414. The molecule has 2 N–H and O–H groups in total. The van der Waals surface area contributed by atoms with Gasteiger partial charge >= 0.3 is 0 Å². The third kappa shape index (κ3) is 4.97. The van der Waals surface area contributed by atoms with Gasteiger partial charge in [-0.1, -0.05) is 36.4 Å². The number of amides is 2. The Morgan fingerprint density at radius 3 is 2.71 bits per heavy atom. The van der Waals surface area contributed by atoms with Crippen LogP contribution in [0.25, 0.3) is 10.8 Å². The minimum absolute atomic E-state index is 0.156. The van der Waals surface area contributed by atoms with Crippen molar-refractivity contribution in [3.05, 3.63) is 77.6 Å². The van der Waals surface area contributed by atoms with Gasteiger partial charge in [0.1, 0.15) is 24.1 Å². The number of rotatable bonds is 6. The Morgan fingerprint density at radius 1 is 1.10 bits per heavy atom. The maximum absolute atomic E-state index is 13.6. The Bertz CT molecular complexity index is 1120. The molecule has 160 valence electrons. The summed E-state index contributed by atoms with van der Waals surface area (Å²) in [6.07, 6.45) is 0.386. The fourth-order valence-electron chi connectivity index (χ4n) is 3.76. The van der Waals surface area contributed by atoms with Crippen molar-refractivity contribution >= 4 is 34.2 Å². The predicted octanol–water partition coefficient (Wildman–Crippen LogP) is 3.74. The van der Waals surface area contributed by atoms with Crippen molar-refractivity contribution in [2.45, 2.75) is 12.5 Å². The van der Waals surface area contributed by atoms with E-state index in [9.17, 15) is 14.0 Å². The Kier molecular flexibility index (Phi) is 6.37. The van der Waals surface area contributed by atoms with Crippen molar-refractivity contribution in [1.82, 2.24) is 10.6 Å². The molecule has 1 aliphatic rings. The molecule has 0 bridgehead atoms. The van der Waals surface area contributed by atoms with Crippen LogP contribution in [0.5, 0.6) is 5.75 Å². The first-order valence-corrected chi connectivity index (χ1v) is 10.6. The maximum atomic E-state index is 13.6. The van der Waals surface area contributed by atoms with E-state index in [1.54, 1.807) is 6.07 Å². The molecule has 0 radical (unpaired) electrons. The summed E-state index contributed by atoms with van der Waals surface area (Å²) >= 11 is 5.60. The van der Waals surface area contributed by atoms with E-state index in [2.05, 4.69) is 10.6 Å². The second kappa shape index (κ2) is 9.35. The quantitative estimate of drug-likeness (QED) is 0.574. The van der Waals surface area contributed by atoms with Crippen molar-refractivity contribution in [3.63, 3.8) is 0 Å². The van der Waals surface area contributed by atoms with Crippen molar-refractivity contribution in [1.29, 1.82) is 0 Å². The van der Waals surface area contributed by atoms with Gasteiger partial charge in [0.05, 0.1) is 12.0 Å². The summed E-state index contributed by atoms with van der Waals surface area (Å²) in [7, 11) is 0. The number of fused-ring (bicyclic) bond motifs is 2. The van der Waals surface area contributed by atoms with Gasteiger partial charge in [-0.25, -0.2) is 4.39 Å². The largest absolute Gasteiger partial charge is 0.492 e. The van der Waals surface area contributed by atoms with Gasteiger partial charge in [0.2, 0.25) is 11.8 Å². The highest BCUT2D eigenvalue weighted by atomic mass is 35.5. The topological polar surface area (TPSA) is 67.4 Å². The van der Waals surface area contributed by atoms with Gasteiger partial charge in [-0.15, -0.1) is 11.6 Å². The van der Waals surface area contributed by atoms with E-state index in [4.69, 9.17) is 16.3 Å². The molecule has 4 rings (SSSR count). The lowest BCUT2D eigenvalue weighted by atomic mass is 9.95. The molecule has 0 saturated heterocycles. The lowest BCUT2D eigenvalue weighted by Gasteiger charge is -2.27. The van der Waals surface area contributed by atoms with Crippen molar-refractivity contribution in [3.8, 4) is 5.75 Å². The van der Waals surface area contributed by atoms with E-state index in [1.165, 1.54) is 12.1 Å². The summed E-state index contributed by atoms with van der Waals surface area (Å²) in [4.78, 5) is 24.7. The third-order valence-electron chi connectivity index (χ3n) is 5.42. The Labute approximate surface area is 184 Å². The molecule has 3 aromatic rings. The van der Waals surface area contributed by atoms with E-state index < -0.39 is 12.0 Å². The first kappa shape index (κ1) is 21.1. The van der Waals surface area contributed by atoms with Gasteiger partial charge in [-0.3, -0.25) is 9.59 Å². The molecule has 0 aliphatic carbocycles. The molecule has 0 saturated carbocycles. The molecular weight excluding hydrogens is 419 g/mol. The van der Waals surface area contributed by atoms with Gasteiger partial charge in [0.15, 0.2) is 0 Å². The molecule has 0 fully saturated rings. The molecule has 2 unspecified atom stereocenters. The van der Waals surface area contributed by atoms with Gasteiger partial charge < -0.3 is 15.4 Å². The fourth-order valence-corrected chi connectivity index (χ4v) is 3.86. The number of halogens is 2. The molecule has 7 heteroatoms. The number of carbonyl (C=O) groups excluding carboxylic acids is 2. The van der Waals surface area contributed by atoms with Crippen LogP contribution in [0, 0.1) is 11.7 Å². The van der Waals surface area contributed by atoms with E-state index >= 15 is 0 Å². The van der Waals surface area contributed by atoms with E-state index in [1.807, 2.05) is 42.5 Å². The van der Waals surface area contributed by atoms with Crippen LogP contribution in [0.15, 0.2) is 60.7 Å². The number of hydrogen-bond acceptors (Lipinski definition) is 3. The Morgan fingerprint density at radius 2 is 1.90 bits per heavy atom. The standard InChI is InChI=1S/C24H22ClFN2O3/c25-12-23(29)27-13-21(17-6-5-15-3-1-2-4-16(15)9-17)28-24(30)19-10-18-11-20(26)7-8-22(18)31-14-19/h1-9,11,19,21H,10,12-14H2,(H,27,29)(H,28,30). The summed E-state index contributed by atoms with van der Waals surface area (Å²) in [5.74, 6) is -0.898. The summed E-state index contributed by atoms with van der Waals surface area (Å²) < 4.78 is 19.2. The molecule has 31 heavy (non-hydrogen) atoms. The second-order valence-corrected chi connectivity index (χ2v) is 7.84. The average molecular weight is 441 g/mol. The molecule has 5 nitrogen and oxygen atoms in total. The Hall–Kier alpha value is -3.12. The second-order valence-electron chi connectivity index (χ2n) is 7.57. The molecule has 2 atom stereocenters. The van der Waals surface area contributed by atoms with Gasteiger partial charge in [-0.2, -0.15) is 0 Å². The van der Waals surface area contributed by atoms with Crippen LogP contribution in [0.3, 0.4) is 0 Å². The van der Waals surface area contributed by atoms with Gasteiger partial charge in [0.25, 0.3) is 0 Å². The number of nitrogens with one attached hydrogen (secondary N) is 2. The van der Waals surface area contributed by atoms with Crippen LogP contribution < -0.4 is 15.4 Å². The lowest BCUT2D eigenvalue weighted by molar-refractivity contribution is -0.127. The molecule has 3 aromatic carbocycles. The number of hydrogen-bond donors (Lipinski definition) is 2. The molecule has 2 amide bonds. The number of ether oxygens (including phenoxy) is 1. The minimum atomic E-state index is -0.457. The SMILES string of the molecule is O=C(CCl)NCC(NC(=O)C1COc2ccc(F)cc2C1)c1ccc2ccccc2c1. The van der Waals surface area contributed by atoms with Crippen molar-refractivity contribution in [2.24, 2.45) is 5.92 Å². The van der Waals surface area contributed by atoms with Crippen LogP contribution in [0.2, 0.25) is 0 Å². The lowest BCUT2D eigenvalue weighted by Crippen LogP contribution is -2.43. The van der Waals surface area contributed by atoms with Crippen LogP contribution in [0.1, 0.15) is 17.2 Å². The first-order valence-electron chi connectivity index (χ1n) is 10.1. The van der Waals surface area contributed by atoms with Crippen LogP contribution in [-0.4, -0.2) is 30.8 Å². The Balaban J connectivity index is 1.53. The molecular formula is C24H22ClFN2O3. The molecule has 0 aromatic heterocycles. The monoisotopic (exact) mass is 440 g/mol. The summed E-state index contributed by atoms with van der Waals surface area (Å²) in [6, 6.07) is 17.7. The minimum Gasteiger partial charge on any atom is -0.492 e. The molecule has 1 aliphatic heterocycles. The zero-order valence-corrected chi connectivity index (χ0v) is 17.5. The summed E-state index contributed by atoms with van der Waals surface area (Å²) in [5.41, 5.74) is 1.54. The predicted molar refractivity (Wildman–Crippen MR) is 118 cm³/mol. The average Bonchev–Trinajstić information content (AvgIpc) is 2.80. The highest BCUT2D eigenvalue weighted by molar-refractivity contribution is 6.27. The smallest absolute Gasteiger partial charge is 0.235 e. The van der Waals surface area contributed by atoms with Crippen LogP contribution in [0.4, 0.5) is 4.39 Å². The highest BCUT2D eigenvalue weighted by Gasteiger charge is 2.28. The third-order valence-corrected chi connectivity index (χ3v) is 5.66. The number of alkyl halides is 1. The van der Waals surface area contributed by atoms with Crippen LogP contribution in [-0.2, 0) is 16.0 Å². The van der Waals surface area contributed by atoms with Gasteiger partial charge in [0, 0.05) is 6.54 Å². The maximum Gasteiger partial charge on any atom is 0.235 e. The van der Waals surface area contributed by atoms with Crippen LogP contribution >= 0.6 is 11.6 Å².